The molecule has 2 N–H and O–H groups in total. The molecule has 0 saturated carbocycles. The minimum atomic E-state index is -0.215. The van der Waals surface area contributed by atoms with Crippen LogP contribution in [0.4, 0.5) is 0 Å². The van der Waals surface area contributed by atoms with Crippen molar-refractivity contribution in [3.8, 4) is 0 Å². The number of carbonyl (C=O) groups excluding carboxylic acids is 1. The molecule has 0 aliphatic heterocycles. The fraction of sp³-hybridized carbons (Fsp3) is 0.500. The number of hydrogen-bond donors (Lipinski definition) is 1. The summed E-state index contributed by atoms with van der Waals surface area (Å²) in [6.07, 6.45) is 3.63. The summed E-state index contributed by atoms with van der Waals surface area (Å²) in [6.45, 7) is 2.16. The summed E-state index contributed by atoms with van der Waals surface area (Å²) in [5.41, 5.74) is 8.16. The third-order valence-corrected chi connectivity index (χ3v) is 2.85. The predicted molar refractivity (Wildman–Crippen MR) is 68.6 cm³/mol. The molecule has 1 aromatic rings. The van der Waals surface area contributed by atoms with E-state index in [2.05, 4.69) is 11.7 Å². The van der Waals surface area contributed by atoms with Crippen molar-refractivity contribution < 1.29 is 9.53 Å². The van der Waals surface area contributed by atoms with E-state index in [4.69, 9.17) is 5.73 Å². The fourth-order valence-corrected chi connectivity index (χ4v) is 1.71. The maximum atomic E-state index is 11.1. The van der Waals surface area contributed by atoms with Gasteiger partial charge >= 0.3 is 5.97 Å². The molecule has 0 heterocycles. The van der Waals surface area contributed by atoms with Gasteiger partial charge < -0.3 is 10.5 Å². The smallest absolute Gasteiger partial charge is 0.309 e. The number of esters is 1. The second-order valence-corrected chi connectivity index (χ2v) is 4.24. The molecule has 0 saturated heterocycles. The SMILES string of the molecule is CCCC[C@@H](N)c1ccc(CC(=O)OC)cc1. The summed E-state index contributed by atoms with van der Waals surface area (Å²) in [5, 5.41) is 0. The Balaban J connectivity index is 2.57. The van der Waals surface area contributed by atoms with E-state index in [-0.39, 0.29) is 12.0 Å². The molecule has 1 rings (SSSR count). The number of ether oxygens (including phenoxy) is 1. The van der Waals surface area contributed by atoms with Gasteiger partial charge in [0.2, 0.25) is 0 Å². The van der Waals surface area contributed by atoms with Crippen LogP contribution in [0.1, 0.15) is 43.4 Å². The summed E-state index contributed by atoms with van der Waals surface area (Å²) < 4.78 is 4.62. The number of nitrogens with two attached hydrogens (primary N) is 1. The highest BCUT2D eigenvalue weighted by Gasteiger charge is 2.06. The third-order valence-electron chi connectivity index (χ3n) is 2.85. The molecule has 0 fully saturated rings. The van der Waals surface area contributed by atoms with Crippen LogP contribution < -0.4 is 5.73 Å². The lowest BCUT2D eigenvalue weighted by molar-refractivity contribution is -0.139. The average molecular weight is 235 g/mol. The van der Waals surface area contributed by atoms with Crippen LogP contribution in [0.2, 0.25) is 0 Å². The third kappa shape index (κ3) is 4.57. The fourth-order valence-electron chi connectivity index (χ4n) is 1.71. The Labute approximate surface area is 103 Å². The molecule has 0 unspecified atom stereocenters. The Bertz CT molecular complexity index is 346. The van der Waals surface area contributed by atoms with Gasteiger partial charge in [0.05, 0.1) is 13.5 Å². The Morgan fingerprint density at radius 1 is 1.35 bits per heavy atom. The van der Waals surface area contributed by atoms with E-state index < -0.39 is 0 Å². The summed E-state index contributed by atoms with van der Waals surface area (Å²) >= 11 is 0. The summed E-state index contributed by atoms with van der Waals surface area (Å²) in [5.74, 6) is -0.215. The Kier molecular flexibility index (Phi) is 5.70. The van der Waals surface area contributed by atoms with Crippen LogP contribution in [0.5, 0.6) is 0 Å². The van der Waals surface area contributed by atoms with Gasteiger partial charge in [-0.2, -0.15) is 0 Å². The molecule has 0 spiro atoms. The van der Waals surface area contributed by atoms with Crippen molar-refractivity contribution in [1.29, 1.82) is 0 Å². The first kappa shape index (κ1) is 13.7. The predicted octanol–water partition coefficient (Wildman–Crippen LogP) is 2.59. The van der Waals surface area contributed by atoms with Crippen LogP contribution in [-0.2, 0) is 16.0 Å². The lowest BCUT2D eigenvalue weighted by Gasteiger charge is -2.11. The van der Waals surface area contributed by atoms with E-state index in [0.717, 1.165) is 30.4 Å². The molecular weight excluding hydrogens is 214 g/mol. The van der Waals surface area contributed by atoms with Crippen LogP contribution in [0.3, 0.4) is 0 Å². The topological polar surface area (TPSA) is 52.3 Å². The van der Waals surface area contributed by atoms with Crippen molar-refractivity contribution in [2.75, 3.05) is 7.11 Å². The highest BCUT2D eigenvalue weighted by atomic mass is 16.5. The Morgan fingerprint density at radius 3 is 2.53 bits per heavy atom. The van der Waals surface area contributed by atoms with Crippen LogP contribution >= 0.6 is 0 Å². The quantitative estimate of drug-likeness (QED) is 0.771. The first-order chi connectivity index (χ1) is 8.17. The van der Waals surface area contributed by atoms with Crippen molar-refractivity contribution in [2.24, 2.45) is 5.73 Å². The largest absolute Gasteiger partial charge is 0.469 e. The number of hydrogen-bond acceptors (Lipinski definition) is 3. The number of carbonyl (C=O) groups is 1. The molecule has 0 bridgehead atoms. The normalized spacial score (nSPS) is 12.2. The minimum Gasteiger partial charge on any atom is -0.469 e. The van der Waals surface area contributed by atoms with Crippen molar-refractivity contribution in [2.45, 2.75) is 38.6 Å². The number of methoxy groups -OCH3 is 1. The summed E-state index contributed by atoms with van der Waals surface area (Å²) in [4.78, 5) is 11.1. The van der Waals surface area contributed by atoms with Crippen molar-refractivity contribution in [1.82, 2.24) is 0 Å². The van der Waals surface area contributed by atoms with Crippen LogP contribution in [0.15, 0.2) is 24.3 Å². The lowest BCUT2D eigenvalue weighted by atomic mass is 10.00. The van der Waals surface area contributed by atoms with Gasteiger partial charge in [-0.05, 0) is 17.5 Å². The Hall–Kier alpha value is -1.35. The zero-order valence-corrected chi connectivity index (χ0v) is 10.6. The highest BCUT2D eigenvalue weighted by molar-refractivity contribution is 5.72. The summed E-state index contributed by atoms with van der Waals surface area (Å²) in [7, 11) is 1.40. The second-order valence-electron chi connectivity index (χ2n) is 4.24. The van der Waals surface area contributed by atoms with E-state index in [1.807, 2.05) is 24.3 Å². The van der Waals surface area contributed by atoms with Gasteiger partial charge in [0.1, 0.15) is 0 Å². The van der Waals surface area contributed by atoms with Gasteiger partial charge in [-0.3, -0.25) is 4.79 Å². The minimum absolute atomic E-state index is 0.0992. The van der Waals surface area contributed by atoms with Crippen LogP contribution in [0, 0.1) is 0 Å². The number of rotatable bonds is 6. The van der Waals surface area contributed by atoms with E-state index in [9.17, 15) is 4.79 Å². The van der Waals surface area contributed by atoms with Crippen LogP contribution in [-0.4, -0.2) is 13.1 Å². The molecule has 94 valence electrons. The molecule has 0 aliphatic rings. The molecule has 1 atom stereocenters. The molecule has 3 heteroatoms. The second kappa shape index (κ2) is 7.07. The van der Waals surface area contributed by atoms with Crippen molar-refractivity contribution in [3.63, 3.8) is 0 Å². The maximum absolute atomic E-state index is 11.1. The summed E-state index contributed by atoms with van der Waals surface area (Å²) in [6, 6.07) is 7.98. The standard InChI is InChI=1S/C14H21NO2/c1-3-4-5-13(15)12-8-6-11(7-9-12)10-14(16)17-2/h6-9,13H,3-5,10,15H2,1-2H3/t13-/m1/s1. The van der Waals surface area contributed by atoms with Crippen LogP contribution in [0.25, 0.3) is 0 Å². The first-order valence-electron chi connectivity index (χ1n) is 6.08. The molecular formula is C14H21NO2. The van der Waals surface area contributed by atoms with Gasteiger partial charge in [0, 0.05) is 6.04 Å². The molecule has 3 nitrogen and oxygen atoms in total. The van der Waals surface area contributed by atoms with E-state index in [1.165, 1.54) is 7.11 Å². The first-order valence-corrected chi connectivity index (χ1v) is 6.08. The molecule has 17 heavy (non-hydrogen) atoms. The van der Waals surface area contributed by atoms with Gasteiger partial charge in [0.25, 0.3) is 0 Å². The zero-order chi connectivity index (χ0) is 12.7. The Morgan fingerprint density at radius 2 is 2.00 bits per heavy atom. The molecule has 0 radical (unpaired) electrons. The van der Waals surface area contributed by atoms with E-state index >= 15 is 0 Å². The number of benzene rings is 1. The monoisotopic (exact) mass is 235 g/mol. The zero-order valence-electron chi connectivity index (χ0n) is 10.6. The molecule has 1 aromatic carbocycles. The maximum Gasteiger partial charge on any atom is 0.309 e. The number of unbranched alkanes of at least 4 members (excludes halogenated alkanes) is 1. The van der Waals surface area contributed by atoms with Gasteiger partial charge in [-0.25, -0.2) is 0 Å². The van der Waals surface area contributed by atoms with E-state index in [0.29, 0.717) is 6.42 Å². The lowest BCUT2D eigenvalue weighted by Crippen LogP contribution is -2.10. The van der Waals surface area contributed by atoms with Crippen molar-refractivity contribution >= 4 is 5.97 Å². The van der Waals surface area contributed by atoms with Gasteiger partial charge in [-0.15, -0.1) is 0 Å². The molecule has 0 amide bonds. The average Bonchev–Trinajstić information content (AvgIpc) is 2.36. The molecule has 0 aliphatic carbocycles. The van der Waals surface area contributed by atoms with Crippen molar-refractivity contribution in [3.05, 3.63) is 35.4 Å². The highest BCUT2D eigenvalue weighted by Crippen LogP contribution is 2.17. The molecule has 0 aromatic heterocycles. The van der Waals surface area contributed by atoms with E-state index in [1.54, 1.807) is 0 Å². The van der Waals surface area contributed by atoms with Gasteiger partial charge in [0.15, 0.2) is 0 Å². The van der Waals surface area contributed by atoms with Gasteiger partial charge in [-0.1, -0.05) is 44.0 Å².